The summed E-state index contributed by atoms with van der Waals surface area (Å²) in [7, 11) is 0. The maximum absolute atomic E-state index is 11.9. The van der Waals surface area contributed by atoms with E-state index in [4.69, 9.17) is 5.53 Å². The Morgan fingerprint density at radius 3 is 2.50 bits per heavy atom. The van der Waals surface area contributed by atoms with E-state index in [0.29, 0.717) is 5.69 Å². The van der Waals surface area contributed by atoms with Crippen molar-refractivity contribution in [3.8, 4) is 5.75 Å². The van der Waals surface area contributed by atoms with Crippen molar-refractivity contribution < 1.29 is 9.90 Å². The number of phenols is 1. The Kier molecular flexibility index (Phi) is 4.17. The summed E-state index contributed by atoms with van der Waals surface area (Å²) in [5.74, 6) is -0.317. The predicted molar refractivity (Wildman–Crippen MR) is 76.7 cm³/mol. The Bertz CT molecular complexity index is 699. The number of phenolic OH excluding ortho intramolecular Hbond substituents is 1. The maximum Gasteiger partial charge on any atom is 0.189 e. The molecular weight excluding hydrogens is 254 g/mol. The molecule has 2 aromatic carbocycles. The van der Waals surface area contributed by atoms with Crippen LogP contribution in [0.2, 0.25) is 0 Å². The number of carbonyl (C=O) groups excluding carboxylic acids is 1. The molecule has 0 aromatic heterocycles. The lowest BCUT2D eigenvalue weighted by molar-refractivity contribution is 0.104. The van der Waals surface area contributed by atoms with Gasteiger partial charge in [-0.15, -0.1) is 0 Å². The minimum absolute atomic E-state index is 0.0409. The van der Waals surface area contributed by atoms with Crippen molar-refractivity contribution in [2.45, 2.75) is 0 Å². The van der Waals surface area contributed by atoms with Crippen molar-refractivity contribution in [2.24, 2.45) is 5.11 Å². The molecule has 20 heavy (non-hydrogen) atoms. The molecule has 0 radical (unpaired) electrons. The number of rotatable bonds is 4. The summed E-state index contributed by atoms with van der Waals surface area (Å²) >= 11 is 0. The zero-order valence-corrected chi connectivity index (χ0v) is 10.5. The van der Waals surface area contributed by atoms with Gasteiger partial charge in [0.05, 0.1) is 5.56 Å². The topological polar surface area (TPSA) is 86.1 Å². The molecule has 0 bridgehead atoms. The Morgan fingerprint density at radius 2 is 1.85 bits per heavy atom. The number of hydrogen-bond donors (Lipinski definition) is 1. The second-order valence-electron chi connectivity index (χ2n) is 4.00. The van der Waals surface area contributed by atoms with E-state index >= 15 is 0 Å². The lowest BCUT2D eigenvalue weighted by atomic mass is 10.1. The molecule has 0 aliphatic rings. The summed E-state index contributed by atoms with van der Waals surface area (Å²) in [6.07, 6.45) is 3.02. The predicted octanol–water partition coefficient (Wildman–Crippen LogP) is 4.23. The van der Waals surface area contributed by atoms with Crippen LogP contribution in [0.15, 0.2) is 59.7 Å². The van der Waals surface area contributed by atoms with Gasteiger partial charge in [0.1, 0.15) is 5.75 Å². The zero-order chi connectivity index (χ0) is 14.4. The van der Waals surface area contributed by atoms with E-state index in [1.165, 1.54) is 12.1 Å². The molecule has 2 aromatic rings. The fraction of sp³-hybridized carbons (Fsp3) is 0. The molecule has 2 rings (SSSR count). The quantitative estimate of drug-likeness (QED) is 0.295. The fourth-order valence-electron chi connectivity index (χ4n) is 1.65. The van der Waals surface area contributed by atoms with Crippen molar-refractivity contribution >= 4 is 17.5 Å². The largest absolute Gasteiger partial charge is 0.507 e. The van der Waals surface area contributed by atoms with E-state index in [9.17, 15) is 9.90 Å². The molecule has 0 saturated heterocycles. The first-order valence-corrected chi connectivity index (χ1v) is 5.86. The van der Waals surface area contributed by atoms with Crippen molar-refractivity contribution in [1.29, 1.82) is 0 Å². The standard InChI is InChI=1S/C15H11N3O2/c16-18-17-12-8-5-11(6-9-12)7-10-15(20)13-3-1-2-4-14(13)19/h1-10,19H. The molecule has 0 aliphatic carbocycles. The van der Waals surface area contributed by atoms with Gasteiger partial charge in [-0.25, -0.2) is 0 Å². The van der Waals surface area contributed by atoms with E-state index < -0.39 is 0 Å². The van der Waals surface area contributed by atoms with Crippen LogP contribution in [-0.2, 0) is 0 Å². The summed E-state index contributed by atoms with van der Waals surface area (Å²) in [6.45, 7) is 0. The molecular formula is C15H11N3O2. The SMILES string of the molecule is [N-]=[N+]=Nc1ccc(C=CC(=O)c2ccccc2O)cc1. The van der Waals surface area contributed by atoms with Gasteiger partial charge >= 0.3 is 0 Å². The number of azide groups is 1. The lowest BCUT2D eigenvalue weighted by Gasteiger charge is -1.99. The van der Waals surface area contributed by atoms with E-state index in [1.54, 1.807) is 48.5 Å². The smallest absolute Gasteiger partial charge is 0.189 e. The molecule has 0 aliphatic heterocycles. The summed E-state index contributed by atoms with van der Waals surface area (Å²) < 4.78 is 0. The van der Waals surface area contributed by atoms with Crippen LogP contribution in [0.1, 0.15) is 15.9 Å². The Labute approximate surface area is 115 Å². The minimum Gasteiger partial charge on any atom is -0.507 e. The van der Waals surface area contributed by atoms with Crippen LogP contribution in [0.3, 0.4) is 0 Å². The van der Waals surface area contributed by atoms with Crippen LogP contribution in [0.25, 0.3) is 16.5 Å². The zero-order valence-electron chi connectivity index (χ0n) is 10.5. The highest BCUT2D eigenvalue weighted by Gasteiger charge is 2.06. The third-order valence-corrected chi connectivity index (χ3v) is 2.65. The van der Waals surface area contributed by atoms with Gasteiger partial charge in [-0.1, -0.05) is 47.6 Å². The average molecular weight is 265 g/mol. The van der Waals surface area contributed by atoms with Crippen LogP contribution in [-0.4, -0.2) is 10.9 Å². The lowest BCUT2D eigenvalue weighted by Crippen LogP contribution is -1.94. The second kappa shape index (κ2) is 6.22. The van der Waals surface area contributed by atoms with Crippen LogP contribution in [0.5, 0.6) is 5.75 Å². The van der Waals surface area contributed by atoms with Gasteiger partial charge in [0.25, 0.3) is 0 Å². The van der Waals surface area contributed by atoms with Gasteiger partial charge in [0, 0.05) is 10.6 Å². The average Bonchev–Trinajstić information content (AvgIpc) is 2.47. The number of benzene rings is 2. The van der Waals surface area contributed by atoms with Gasteiger partial charge in [-0.3, -0.25) is 4.79 Å². The third-order valence-electron chi connectivity index (χ3n) is 2.65. The molecule has 0 spiro atoms. The molecule has 0 saturated carbocycles. The van der Waals surface area contributed by atoms with E-state index in [-0.39, 0.29) is 17.1 Å². The van der Waals surface area contributed by atoms with Gasteiger partial charge in [-0.05, 0) is 29.3 Å². The molecule has 0 atom stereocenters. The molecule has 0 amide bonds. The normalized spacial score (nSPS) is 10.2. The van der Waals surface area contributed by atoms with Crippen LogP contribution in [0, 0.1) is 0 Å². The number of aromatic hydroxyl groups is 1. The van der Waals surface area contributed by atoms with Gasteiger partial charge in [-0.2, -0.15) is 0 Å². The molecule has 5 heteroatoms. The number of hydrogen-bond acceptors (Lipinski definition) is 3. The first-order chi connectivity index (χ1) is 9.70. The van der Waals surface area contributed by atoms with Gasteiger partial charge < -0.3 is 5.11 Å². The third kappa shape index (κ3) is 3.25. The first-order valence-electron chi connectivity index (χ1n) is 5.86. The summed E-state index contributed by atoms with van der Waals surface area (Å²) in [5.41, 5.74) is 9.86. The monoisotopic (exact) mass is 265 g/mol. The molecule has 0 unspecified atom stereocenters. The maximum atomic E-state index is 11.9. The van der Waals surface area contributed by atoms with Crippen LogP contribution in [0.4, 0.5) is 5.69 Å². The number of nitrogens with zero attached hydrogens (tertiary/aromatic N) is 3. The Hall–Kier alpha value is -3.04. The van der Waals surface area contributed by atoms with Gasteiger partial charge in [0.15, 0.2) is 5.78 Å². The fourth-order valence-corrected chi connectivity index (χ4v) is 1.65. The highest BCUT2D eigenvalue weighted by molar-refractivity contribution is 6.08. The Morgan fingerprint density at radius 1 is 1.15 bits per heavy atom. The van der Waals surface area contributed by atoms with Crippen LogP contribution >= 0.6 is 0 Å². The summed E-state index contributed by atoms with van der Waals surface area (Å²) in [6, 6.07) is 13.2. The summed E-state index contributed by atoms with van der Waals surface area (Å²) in [5, 5.41) is 13.0. The van der Waals surface area contributed by atoms with Crippen molar-refractivity contribution in [3.63, 3.8) is 0 Å². The first kappa shape index (κ1) is 13.4. The molecule has 0 heterocycles. The molecule has 0 fully saturated rings. The van der Waals surface area contributed by atoms with Crippen molar-refractivity contribution in [1.82, 2.24) is 0 Å². The number of ketones is 1. The molecule has 1 N–H and O–H groups in total. The number of para-hydroxylation sites is 1. The van der Waals surface area contributed by atoms with E-state index in [0.717, 1.165) is 5.56 Å². The number of allylic oxidation sites excluding steroid dienone is 1. The highest BCUT2D eigenvalue weighted by Crippen LogP contribution is 2.18. The second-order valence-corrected chi connectivity index (χ2v) is 4.00. The van der Waals surface area contributed by atoms with Gasteiger partial charge in [0.2, 0.25) is 0 Å². The minimum atomic E-state index is -0.276. The van der Waals surface area contributed by atoms with Crippen molar-refractivity contribution in [2.75, 3.05) is 0 Å². The van der Waals surface area contributed by atoms with E-state index in [1.807, 2.05) is 0 Å². The van der Waals surface area contributed by atoms with Crippen molar-refractivity contribution in [3.05, 3.63) is 76.2 Å². The molecule has 98 valence electrons. The summed E-state index contributed by atoms with van der Waals surface area (Å²) in [4.78, 5) is 14.6. The number of carbonyl (C=O) groups is 1. The van der Waals surface area contributed by atoms with E-state index in [2.05, 4.69) is 10.0 Å². The Balaban J connectivity index is 2.15. The molecule has 5 nitrogen and oxygen atoms in total. The highest BCUT2D eigenvalue weighted by atomic mass is 16.3. The van der Waals surface area contributed by atoms with Crippen LogP contribution < -0.4 is 0 Å².